The molecule has 2 rings (SSSR count). The van der Waals surface area contributed by atoms with Gasteiger partial charge in [-0.05, 0) is 62.6 Å². The van der Waals surface area contributed by atoms with E-state index in [1.807, 2.05) is 39.0 Å². The molecule has 0 aliphatic heterocycles. The third-order valence-corrected chi connectivity index (χ3v) is 5.94. The number of carbonyl (C=O) groups excluding carboxylic acids is 1. The SMILES string of the molecule is Cc1ccc(OC[C@@H](C)NC(=O)CCCN(c2ccc(F)c(F)c2)S(C)(=O)=O)cc1C. The summed E-state index contributed by atoms with van der Waals surface area (Å²) in [5.74, 6) is -1.73. The maximum atomic E-state index is 13.5. The molecule has 2 aromatic carbocycles. The number of carbonyl (C=O) groups is 1. The number of rotatable bonds is 10. The van der Waals surface area contributed by atoms with E-state index in [9.17, 15) is 22.0 Å². The first-order valence-corrected chi connectivity index (χ1v) is 11.7. The summed E-state index contributed by atoms with van der Waals surface area (Å²) < 4.78 is 57.4. The zero-order valence-corrected chi connectivity index (χ0v) is 18.9. The Bertz CT molecular complexity index is 1030. The molecule has 0 saturated heterocycles. The second-order valence-corrected chi connectivity index (χ2v) is 9.47. The normalized spacial score (nSPS) is 12.3. The molecule has 0 radical (unpaired) electrons. The van der Waals surface area contributed by atoms with Crippen LogP contribution in [-0.4, -0.2) is 39.8 Å². The Balaban J connectivity index is 1.84. The summed E-state index contributed by atoms with van der Waals surface area (Å²) in [6.45, 7) is 6.07. The minimum atomic E-state index is -3.72. The summed E-state index contributed by atoms with van der Waals surface area (Å²) in [5, 5.41) is 2.80. The van der Waals surface area contributed by atoms with Crippen molar-refractivity contribution < 1.29 is 26.7 Å². The topological polar surface area (TPSA) is 75.7 Å². The molecule has 1 N–H and O–H groups in total. The molecular weight excluding hydrogens is 426 g/mol. The summed E-state index contributed by atoms with van der Waals surface area (Å²) in [6.07, 6.45) is 1.26. The molecule has 1 atom stereocenters. The molecule has 0 aliphatic rings. The van der Waals surface area contributed by atoms with Crippen LogP contribution in [0.25, 0.3) is 0 Å². The van der Waals surface area contributed by atoms with Gasteiger partial charge in [0.1, 0.15) is 12.4 Å². The van der Waals surface area contributed by atoms with Gasteiger partial charge in [-0.3, -0.25) is 9.10 Å². The van der Waals surface area contributed by atoms with E-state index in [0.29, 0.717) is 6.61 Å². The Morgan fingerprint density at radius 2 is 1.81 bits per heavy atom. The van der Waals surface area contributed by atoms with Crippen LogP contribution in [0.15, 0.2) is 36.4 Å². The summed E-state index contributed by atoms with van der Waals surface area (Å²) in [7, 11) is -3.72. The van der Waals surface area contributed by atoms with E-state index in [1.54, 1.807) is 0 Å². The average Bonchev–Trinajstić information content (AvgIpc) is 2.67. The molecule has 0 bridgehead atoms. The van der Waals surface area contributed by atoms with E-state index < -0.39 is 21.7 Å². The zero-order chi connectivity index (χ0) is 23.2. The first-order valence-electron chi connectivity index (χ1n) is 9.89. The molecule has 9 heteroatoms. The number of sulfonamides is 1. The average molecular weight is 455 g/mol. The van der Waals surface area contributed by atoms with E-state index in [-0.39, 0.29) is 37.0 Å². The van der Waals surface area contributed by atoms with Crippen molar-refractivity contribution in [3.05, 3.63) is 59.2 Å². The lowest BCUT2D eigenvalue weighted by Crippen LogP contribution is -2.37. The molecule has 1 amide bonds. The number of hydrogen-bond donors (Lipinski definition) is 1. The van der Waals surface area contributed by atoms with Crippen LogP contribution >= 0.6 is 0 Å². The number of hydrogen-bond acceptors (Lipinski definition) is 4. The van der Waals surface area contributed by atoms with Gasteiger partial charge in [0.05, 0.1) is 18.0 Å². The lowest BCUT2D eigenvalue weighted by molar-refractivity contribution is -0.121. The second kappa shape index (κ2) is 10.6. The third kappa shape index (κ3) is 7.50. The monoisotopic (exact) mass is 454 g/mol. The number of anilines is 1. The summed E-state index contributed by atoms with van der Waals surface area (Å²) in [6, 6.07) is 8.40. The molecule has 0 aromatic heterocycles. The quantitative estimate of drug-likeness (QED) is 0.594. The van der Waals surface area contributed by atoms with Crippen LogP contribution in [0.1, 0.15) is 30.9 Å². The van der Waals surface area contributed by atoms with Gasteiger partial charge >= 0.3 is 0 Å². The van der Waals surface area contributed by atoms with Crippen LogP contribution in [0.3, 0.4) is 0 Å². The zero-order valence-electron chi connectivity index (χ0n) is 18.1. The fourth-order valence-corrected chi connectivity index (χ4v) is 3.88. The van der Waals surface area contributed by atoms with Crippen molar-refractivity contribution in [3.8, 4) is 5.75 Å². The number of aryl methyl sites for hydroxylation is 2. The van der Waals surface area contributed by atoms with E-state index in [0.717, 1.165) is 34.0 Å². The molecule has 6 nitrogen and oxygen atoms in total. The van der Waals surface area contributed by atoms with Gasteiger partial charge in [-0.15, -0.1) is 0 Å². The van der Waals surface area contributed by atoms with Crippen LogP contribution in [0.4, 0.5) is 14.5 Å². The van der Waals surface area contributed by atoms with Crippen molar-refractivity contribution in [1.82, 2.24) is 5.32 Å². The number of nitrogens with zero attached hydrogens (tertiary/aromatic N) is 1. The van der Waals surface area contributed by atoms with Gasteiger partial charge < -0.3 is 10.1 Å². The predicted molar refractivity (Wildman–Crippen MR) is 117 cm³/mol. The van der Waals surface area contributed by atoms with Crippen LogP contribution in [0.5, 0.6) is 5.75 Å². The molecule has 0 aliphatic carbocycles. The molecule has 0 spiro atoms. The highest BCUT2D eigenvalue weighted by Crippen LogP contribution is 2.21. The maximum Gasteiger partial charge on any atom is 0.232 e. The summed E-state index contributed by atoms with van der Waals surface area (Å²) in [4.78, 5) is 12.2. The van der Waals surface area contributed by atoms with Crippen molar-refractivity contribution in [2.75, 3.05) is 23.7 Å². The number of amides is 1. The minimum Gasteiger partial charge on any atom is -0.491 e. The van der Waals surface area contributed by atoms with E-state index in [2.05, 4.69) is 5.32 Å². The molecule has 170 valence electrons. The van der Waals surface area contributed by atoms with Gasteiger partial charge in [0, 0.05) is 19.0 Å². The number of ether oxygens (including phenoxy) is 1. The van der Waals surface area contributed by atoms with Crippen molar-refractivity contribution in [2.45, 2.75) is 39.7 Å². The Morgan fingerprint density at radius 1 is 1.10 bits per heavy atom. The molecule has 0 fully saturated rings. The Kier molecular flexibility index (Phi) is 8.38. The lowest BCUT2D eigenvalue weighted by atomic mass is 10.1. The molecule has 31 heavy (non-hydrogen) atoms. The summed E-state index contributed by atoms with van der Waals surface area (Å²) >= 11 is 0. The van der Waals surface area contributed by atoms with Gasteiger partial charge in [0.25, 0.3) is 0 Å². The Hall–Kier alpha value is -2.68. The fourth-order valence-electron chi connectivity index (χ4n) is 2.92. The fraction of sp³-hybridized carbons (Fsp3) is 0.409. The number of nitrogens with one attached hydrogen (secondary N) is 1. The number of benzene rings is 2. The van der Waals surface area contributed by atoms with Gasteiger partial charge in [-0.2, -0.15) is 0 Å². The Morgan fingerprint density at radius 3 is 2.42 bits per heavy atom. The molecular formula is C22H28F2N2O4S. The lowest BCUT2D eigenvalue weighted by Gasteiger charge is -2.22. The number of halogens is 2. The highest BCUT2D eigenvalue weighted by Gasteiger charge is 2.19. The predicted octanol–water partition coefficient (Wildman–Crippen LogP) is 3.71. The van der Waals surface area contributed by atoms with Gasteiger partial charge in [0.2, 0.25) is 15.9 Å². The second-order valence-electron chi connectivity index (χ2n) is 7.56. The van der Waals surface area contributed by atoms with Gasteiger partial charge in [0.15, 0.2) is 11.6 Å². The molecule has 0 saturated carbocycles. The molecule has 2 aromatic rings. The maximum absolute atomic E-state index is 13.5. The van der Waals surface area contributed by atoms with Crippen LogP contribution in [-0.2, 0) is 14.8 Å². The van der Waals surface area contributed by atoms with Gasteiger partial charge in [-0.1, -0.05) is 6.07 Å². The standard InChI is InChI=1S/C22H28F2N2O4S/c1-15-7-9-19(12-16(15)2)30-14-17(3)25-22(27)6-5-11-26(31(4,28)29)18-8-10-20(23)21(24)13-18/h7-10,12-13,17H,5-6,11,14H2,1-4H3,(H,25,27)/t17-/m1/s1. The third-order valence-electron chi connectivity index (χ3n) is 4.74. The summed E-state index contributed by atoms with van der Waals surface area (Å²) in [5.41, 5.74) is 2.29. The minimum absolute atomic E-state index is 0.0111. The van der Waals surface area contributed by atoms with Crippen molar-refractivity contribution >= 4 is 21.6 Å². The van der Waals surface area contributed by atoms with Crippen molar-refractivity contribution in [2.24, 2.45) is 0 Å². The van der Waals surface area contributed by atoms with E-state index in [4.69, 9.17) is 4.74 Å². The highest BCUT2D eigenvalue weighted by molar-refractivity contribution is 7.92. The molecule has 0 heterocycles. The van der Waals surface area contributed by atoms with Crippen LogP contribution in [0.2, 0.25) is 0 Å². The smallest absolute Gasteiger partial charge is 0.232 e. The van der Waals surface area contributed by atoms with Crippen LogP contribution < -0.4 is 14.4 Å². The van der Waals surface area contributed by atoms with E-state index >= 15 is 0 Å². The van der Waals surface area contributed by atoms with Crippen LogP contribution in [0, 0.1) is 25.5 Å². The molecule has 0 unspecified atom stereocenters. The highest BCUT2D eigenvalue weighted by atomic mass is 32.2. The van der Waals surface area contributed by atoms with Gasteiger partial charge in [-0.25, -0.2) is 17.2 Å². The van der Waals surface area contributed by atoms with E-state index in [1.165, 1.54) is 11.6 Å². The Labute approximate surface area is 182 Å². The first-order chi connectivity index (χ1) is 14.5. The largest absolute Gasteiger partial charge is 0.491 e. The first kappa shape index (κ1) is 24.6. The van der Waals surface area contributed by atoms with Crippen molar-refractivity contribution in [1.29, 1.82) is 0 Å². The van der Waals surface area contributed by atoms with Crippen molar-refractivity contribution in [3.63, 3.8) is 0 Å².